The van der Waals surface area contributed by atoms with Gasteiger partial charge in [-0.05, 0) is 31.6 Å². The molecule has 2 aliphatic rings. The van der Waals surface area contributed by atoms with Gasteiger partial charge in [0.2, 0.25) is 5.95 Å². The Hall–Kier alpha value is -1.69. The van der Waals surface area contributed by atoms with E-state index >= 15 is 0 Å². The summed E-state index contributed by atoms with van der Waals surface area (Å²) in [5.74, 6) is 1.83. The highest BCUT2D eigenvalue weighted by molar-refractivity contribution is 5.95. The molecule has 2 N–H and O–H groups in total. The molecule has 0 bridgehead atoms. The number of anilines is 1. The number of amides is 1. The minimum atomic E-state index is 0.0106. The number of aromatic nitrogens is 2. The summed E-state index contributed by atoms with van der Waals surface area (Å²) in [6.45, 7) is 3.28. The lowest BCUT2D eigenvalue weighted by molar-refractivity contribution is 0.0783. The van der Waals surface area contributed by atoms with Crippen molar-refractivity contribution in [2.75, 3.05) is 32.1 Å². The van der Waals surface area contributed by atoms with Gasteiger partial charge in [0.05, 0.1) is 11.3 Å². The van der Waals surface area contributed by atoms with Crippen LogP contribution in [-0.2, 0) is 0 Å². The molecule has 3 rings (SSSR count). The van der Waals surface area contributed by atoms with Crippen molar-refractivity contribution in [1.29, 1.82) is 0 Å². The van der Waals surface area contributed by atoms with Gasteiger partial charge < -0.3 is 15.5 Å². The first-order valence-corrected chi connectivity index (χ1v) is 7.53. The Labute approximate surface area is 125 Å². The van der Waals surface area contributed by atoms with Crippen LogP contribution in [0.3, 0.4) is 0 Å². The highest BCUT2D eigenvalue weighted by Gasteiger charge is 2.42. The van der Waals surface area contributed by atoms with Crippen LogP contribution in [0.1, 0.15) is 28.9 Å². The van der Waals surface area contributed by atoms with Crippen LogP contribution in [0.15, 0.2) is 6.20 Å². The second-order valence-corrected chi connectivity index (χ2v) is 6.44. The van der Waals surface area contributed by atoms with Crippen molar-refractivity contribution in [3.63, 3.8) is 0 Å². The van der Waals surface area contributed by atoms with E-state index in [-0.39, 0.29) is 11.9 Å². The summed E-state index contributed by atoms with van der Waals surface area (Å²) in [7, 11) is 3.77. The highest BCUT2D eigenvalue weighted by Crippen LogP contribution is 2.41. The van der Waals surface area contributed by atoms with Crippen molar-refractivity contribution in [2.45, 2.75) is 25.8 Å². The fourth-order valence-electron chi connectivity index (χ4n) is 3.09. The topological polar surface area (TPSA) is 75.4 Å². The maximum atomic E-state index is 12.7. The Bertz CT molecular complexity index is 555. The number of hydrogen-bond acceptors (Lipinski definition) is 5. The zero-order valence-corrected chi connectivity index (χ0v) is 12.9. The molecule has 21 heavy (non-hydrogen) atoms. The van der Waals surface area contributed by atoms with E-state index in [9.17, 15) is 4.79 Å². The SMILES string of the molecule is Cc1nc(N(C)C)ncc1C(=O)N1C[C@H](C2CC2)[C@@H](N)C1. The molecular formula is C15H23N5O. The molecule has 0 aromatic carbocycles. The molecule has 114 valence electrons. The quantitative estimate of drug-likeness (QED) is 0.884. The Balaban J connectivity index is 1.76. The summed E-state index contributed by atoms with van der Waals surface area (Å²) >= 11 is 0. The van der Waals surface area contributed by atoms with Crippen LogP contribution in [-0.4, -0.2) is 54.0 Å². The van der Waals surface area contributed by atoms with Crippen molar-refractivity contribution >= 4 is 11.9 Å². The van der Waals surface area contributed by atoms with Gasteiger partial charge in [-0.15, -0.1) is 0 Å². The van der Waals surface area contributed by atoms with Crippen molar-refractivity contribution < 1.29 is 4.79 Å². The van der Waals surface area contributed by atoms with E-state index in [1.165, 1.54) is 12.8 Å². The second-order valence-electron chi connectivity index (χ2n) is 6.44. The Morgan fingerprint density at radius 3 is 2.67 bits per heavy atom. The molecule has 1 aromatic heterocycles. The molecule has 1 saturated carbocycles. The van der Waals surface area contributed by atoms with Crippen molar-refractivity contribution in [2.24, 2.45) is 17.6 Å². The van der Waals surface area contributed by atoms with Gasteiger partial charge in [0.15, 0.2) is 0 Å². The minimum absolute atomic E-state index is 0.0106. The van der Waals surface area contributed by atoms with Gasteiger partial charge in [-0.2, -0.15) is 0 Å². The fraction of sp³-hybridized carbons (Fsp3) is 0.667. The maximum absolute atomic E-state index is 12.7. The van der Waals surface area contributed by atoms with E-state index in [1.807, 2.05) is 30.8 Å². The molecule has 2 atom stereocenters. The lowest BCUT2D eigenvalue weighted by Gasteiger charge is -2.18. The first-order chi connectivity index (χ1) is 9.97. The summed E-state index contributed by atoms with van der Waals surface area (Å²) in [4.78, 5) is 25.0. The smallest absolute Gasteiger partial charge is 0.257 e. The average molecular weight is 289 g/mol. The summed E-state index contributed by atoms with van der Waals surface area (Å²) < 4.78 is 0. The third-order valence-corrected chi connectivity index (χ3v) is 4.52. The zero-order valence-electron chi connectivity index (χ0n) is 12.9. The lowest BCUT2D eigenvalue weighted by Crippen LogP contribution is -2.33. The van der Waals surface area contributed by atoms with E-state index in [2.05, 4.69) is 9.97 Å². The number of hydrogen-bond donors (Lipinski definition) is 1. The summed E-state index contributed by atoms with van der Waals surface area (Å²) in [5.41, 5.74) is 7.51. The Kier molecular flexibility index (Phi) is 3.57. The van der Waals surface area contributed by atoms with Gasteiger partial charge in [-0.3, -0.25) is 4.79 Å². The van der Waals surface area contributed by atoms with Crippen molar-refractivity contribution in [1.82, 2.24) is 14.9 Å². The van der Waals surface area contributed by atoms with Gasteiger partial charge >= 0.3 is 0 Å². The largest absolute Gasteiger partial charge is 0.347 e. The van der Waals surface area contributed by atoms with Crippen LogP contribution >= 0.6 is 0 Å². The standard InChI is InChI=1S/C15H23N5O/c1-9-11(6-17-15(18-9)19(2)3)14(21)20-7-12(10-4-5-10)13(16)8-20/h6,10,12-13H,4-5,7-8,16H2,1-3H3/t12-,13+/m1/s1. The van der Waals surface area contributed by atoms with Crippen LogP contribution in [0, 0.1) is 18.8 Å². The number of aryl methyl sites for hydroxylation is 1. The molecule has 1 aliphatic carbocycles. The molecule has 6 nitrogen and oxygen atoms in total. The van der Waals surface area contributed by atoms with Gasteiger partial charge in [0.25, 0.3) is 5.91 Å². The molecule has 6 heteroatoms. The molecule has 0 radical (unpaired) electrons. The first kappa shape index (κ1) is 14.3. The minimum Gasteiger partial charge on any atom is -0.347 e. The maximum Gasteiger partial charge on any atom is 0.257 e. The molecular weight excluding hydrogens is 266 g/mol. The van der Waals surface area contributed by atoms with E-state index in [0.29, 0.717) is 24.0 Å². The number of carbonyl (C=O) groups is 1. The fourth-order valence-corrected chi connectivity index (χ4v) is 3.09. The van der Waals surface area contributed by atoms with Gasteiger partial charge in [0, 0.05) is 39.4 Å². The van der Waals surface area contributed by atoms with Crippen LogP contribution in [0.5, 0.6) is 0 Å². The summed E-state index contributed by atoms with van der Waals surface area (Å²) in [6, 6.07) is 0.115. The predicted molar refractivity (Wildman–Crippen MR) is 81.2 cm³/mol. The molecule has 1 aliphatic heterocycles. The number of likely N-dealkylation sites (tertiary alicyclic amines) is 1. The van der Waals surface area contributed by atoms with Crippen LogP contribution < -0.4 is 10.6 Å². The molecule has 1 amide bonds. The van der Waals surface area contributed by atoms with Crippen LogP contribution in [0.25, 0.3) is 0 Å². The third kappa shape index (κ3) is 2.72. The molecule has 1 aromatic rings. The molecule has 0 spiro atoms. The van der Waals surface area contributed by atoms with E-state index in [1.54, 1.807) is 6.20 Å². The van der Waals surface area contributed by atoms with E-state index in [4.69, 9.17) is 5.73 Å². The number of rotatable bonds is 3. The Morgan fingerprint density at radius 2 is 2.10 bits per heavy atom. The zero-order chi connectivity index (χ0) is 15.1. The number of nitrogens with two attached hydrogens (primary N) is 1. The van der Waals surface area contributed by atoms with Gasteiger partial charge in [-0.25, -0.2) is 9.97 Å². The average Bonchev–Trinajstić information content (AvgIpc) is 3.20. The number of nitrogens with zero attached hydrogens (tertiary/aromatic N) is 4. The highest BCUT2D eigenvalue weighted by atomic mass is 16.2. The van der Waals surface area contributed by atoms with Crippen molar-refractivity contribution in [3.05, 3.63) is 17.5 Å². The van der Waals surface area contributed by atoms with Gasteiger partial charge in [0.1, 0.15) is 0 Å². The Morgan fingerprint density at radius 1 is 1.38 bits per heavy atom. The van der Waals surface area contributed by atoms with Crippen LogP contribution in [0.2, 0.25) is 0 Å². The van der Waals surface area contributed by atoms with E-state index in [0.717, 1.165) is 18.2 Å². The lowest BCUT2D eigenvalue weighted by atomic mass is 9.99. The molecule has 1 saturated heterocycles. The molecule has 2 fully saturated rings. The third-order valence-electron chi connectivity index (χ3n) is 4.52. The van der Waals surface area contributed by atoms with E-state index < -0.39 is 0 Å². The second kappa shape index (κ2) is 5.26. The normalized spacial score (nSPS) is 25.2. The number of carbonyl (C=O) groups excluding carboxylic acids is 1. The summed E-state index contributed by atoms with van der Waals surface area (Å²) in [5, 5.41) is 0. The monoisotopic (exact) mass is 289 g/mol. The first-order valence-electron chi connectivity index (χ1n) is 7.53. The van der Waals surface area contributed by atoms with Crippen LogP contribution in [0.4, 0.5) is 5.95 Å². The predicted octanol–water partition coefficient (Wildman–Crippen LogP) is 0.660. The van der Waals surface area contributed by atoms with Gasteiger partial charge in [-0.1, -0.05) is 0 Å². The van der Waals surface area contributed by atoms with Crippen molar-refractivity contribution in [3.8, 4) is 0 Å². The summed E-state index contributed by atoms with van der Waals surface area (Å²) in [6.07, 6.45) is 4.16. The molecule has 2 heterocycles. The molecule has 0 unspecified atom stereocenters.